The fourth-order valence-corrected chi connectivity index (χ4v) is 3.83. The van der Waals surface area contributed by atoms with E-state index in [-0.39, 0.29) is 5.91 Å². The Morgan fingerprint density at radius 1 is 0.966 bits per heavy atom. The van der Waals surface area contributed by atoms with E-state index < -0.39 is 6.23 Å². The largest absolute Gasteiger partial charge is 0.446 e. The van der Waals surface area contributed by atoms with Gasteiger partial charge in [-0.3, -0.25) is 9.78 Å². The molecule has 3 aromatic carbocycles. The molecule has 0 bridgehead atoms. The second-order valence-corrected chi connectivity index (χ2v) is 7.14. The molecule has 5 heteroatoms. The van der Waals surface area contributed by atoms with Crippen molar-refractivity contribution in [2.45, 2.75) is 20.1 Å². The van der Waals surface area contributed by atoms with Crippen molar-refractivity contribution in [3.05, 3.63) is 89.6 Å². The van der Waals surface area contributed by atoms with Crippen molar-refractivity contribution < 1.29 is 9.53 Å². The number of rotatable bonds is 2. The minimum Gasteiger partial charge on any atom is -0.446 e. The number of hydrogen-bond donors (Lipinski definition) is 0. The summed E-state index contributed by atoms with van der Waals surface area (Å²) in [4.78, 5) is 17.0. The number of aryl methyl sites for hydroxylation is 1. The lowest BCUT2D eigenvalue weighted by molar-refractivity contribution is -0.135. The van der Waals surface area contributed by atoms with E-state index in [1.165, 1.54) is 11.9 Å². The van der Waals surface area contributed by atoms with Crippen LogP contribution in [0.25, 0.3) is 21.7 Å². The van der Waals surface area contributed by atoms with Crippen LogP contribution in [0.3, 0.4) is 0 Å². The van der Waals surface area contributed by atoms with Gasteiger partial charge in [0, 0.05) is 29.1 Å². The molecule has 1 aliphatic rings. The summed E-state index contributed by atoms with van der Waals surface area (Å²) in [7, 11) is 0. The smallest absolute Gasteiger partial charge is 0.243 e. The molecule has 5 rings (SSSR count). The number of para-hydroxylation sites is 1. The Kier molecular flexibility index (Phi) is 4.02. The van der Waals surface area contributed by atoms with Crippen LogP contribution in [0.4, 0.5) is 0 Å². The van der Waals surface area contributed by atoms with Crippen LogP contribution >= 0.6 is 0 Å². The van der Waals surface area contributed by atoms with Crippen molar-refractivity contribution in [3.63, 3.8) is 0 Å². The molecule has 1 atom stereocenters. The number of hydrazone groups is 1. The summed E-state index contributed by atoms with van der Waals surface area (Å²) in [5.74, 6) is 0.268. The predicted molar refractivity (Wildman–Crippen MR) is 113 cm³/mol. The summed E-state index contributed by atoms with van der Waals surface area (Å²) in [5.41, 5.74) is 3.48. The number of benzene rings is 3. The zero-order valence-electron chi connectivity index (χ0n) is 16.2. The fraction of sp³-hybridized carbons (Fsp3) is 0.125. The summed E-state index contributed by atoms with van der Waals surface area (Å²) >= 11 is 0. The van der Waals surface area contributed by atoms with E-state index in [1.54, 1.807) is 0 Å². The van der Waals surface area contributed by atoms with E-state index in [4.69, 9.17) is 4.74 Å². The number of carbonyl (C=O) groups excluding carboxylic acids is 1. The van der Waals surface area contributed by atoms with Crippen molar-refractivity contribution in [1.29, 1.82) is 0 Å². The van der Waals surface area contributed by atoms with Crippen LogP contribution in [0.2, 0.25) is 0 Å². The van der Waals surface area contributed by atoms with Gasteiger partial charge in [0.1, 0.15) is 0 Å². The highest BCUT2D eigenvalue weighted by Crippen LogP contribution is 2.35. The van der Waals surface area contributed by atoms with Gasteiger partial charge in [0.25, 0.3) is 0 Å². The van der Waals surface area contributed by atoms with Crippen LogP contribution in [0.5, 0.6) is 0 Å². The standard InChI is InChI=1S/C24H19N3O2/c1-15-14-21(19-11-5-6-13-22(19)25-15)24-27(16(2)28)26-23(29-24)20-12-7-9-17-8-3-4-10-18(17)20/h3-14,24H,1-2H3. The Morgan fingerprint density at radius 3 is 2.52 bits per heavy atom. The van der Waals surface area contributed by atoms with Gasteiger partial charge < -0.3 is 4.74 Å². The van der Waals surface area contributed by atoms with E-state index in [0.29, 0.717) is 5.90 Å². The second kappa shape index (κ2) is 6.71. The zero-order chi connectivity index (χ0) is 20.0. The summed E-state index contributed by atoms with van der Waals surface area (Å²) in [6, 6.07) is 23.9. The Labute approximate surface area is 168 Å². The highest BCUT2D eigenvalue weighted by Gasteiger charge is 2.34. The maximum Gasteiger partial charge on any atom is 0.243 e. The lowest BCUT2D eigenvalue weighted by Gasteiger charge is -2.21. The lowest BCUT2D eigenvalue weighted by Crippen LogP contribution is -2.25. The van der Waals surface area contributed by atoms with Crippen LogP contribution in [-0.2, 0) is 9.53 Å². The number of nitrogens with zero attached hydrogens (tertiary/aromatic N) is 3. The average molecular weight is 381 g/mol. The third kappa shape index (κ3) is 2.91. The summed E-state index contributed by atoms with van der Waals surface area (Å²) in [5, 5.41) is 9.06. The molecular weight excluding hydrogens is 362 g/mol. The minimum atomic E-state index is -0.631. The number of fused-ring (bicyclic) bond motifs is 2. The molecule has 1 unspecified atom stereocenters. The molecule has 2 heterocycles. The van der Waals surface area contributed by atoms with E-state index in [9.17, 15) is 4.79 Å². The van der Waals surface area contributed by atoms with Gasteiger partial charge in [-0.05, 0) is 35.9 Å². The Hall–Kier alpha value is -3.73. The molecule has 0 fully saturated rings. The first kappa shape index (κ1) is 17.4. The van der Waals surface area contributed by atoms with Crippen molar-refractivity contribution in [3.8, 4) is 0 Å². The zero-order valence-corrected chi connectivity index (χ0v) is 16.2. The van der Waals surface area contributed by atoms with Crippen molar-refractivity contribution in [2.24, 2.45) is 5.10 Å². The van der Waals surface area contributed by atoms with Gasteiger partial charge in [0.15, 0.2) is 0 Å². The molecule has 0 N–H and O–H groups in total. The van der Waals surface area contributed by atoms with Gasteiger partial charge >= 0.3 is 0 Å². The first-order valence-corrected chi connectivity index (χ1v) is 9.51. The van der Waals surface area contributed by atoms with Gasteiger partial charge in [-0.25, -0.2) is 0 Å². The number of carbonyl (C=O) groups is 1. The van der Waals surface area contributed by atoms with Crippen LogP contribution in [0.15, 0.2) is 77.9 Å². The number of hydrogen-bond acceptors (Lipinski definition) is 4. The SMILES string of the molecule is CC(=O)N1N=C(c2cccc3ccccc23)OC1c1cc(C)nc2ccccc12. The van der Waals surface area contributed by atoms with Gasteiger partial charge in [-0.2, -0.15) is 5.01 Å². The first-order valence-electron chi connectivity index (χ1n) is 9.51. The molecule has 0 saturated heterocycles. The maximum atomic E-state index is 12.4. The van der Waals surface area contributed by atoms with Gasteiger partial charge in [0.2, 0.25) is 18.0 Å². The van der Waals surface area contributed by atoms with Crippen molar-refractivity contribution in [2.75, 3.05) is 0 Å². The van der Waals surface area contributed by atoms with E-state index >= 15 is 0 Å². The lowest BCUT2D eigenvalue weighted by atomic mass is 10.0. The topological polar surface area (TPSA) is 54.8 Å². The molecule has 0 saturated carbocycles. The van der Waals surface area contributed by atoms with Gasteiger partial charge in [0.05, 0.1) is 5.52 Å². The molecular formula is C24H19N3O2. The highest BCUT2D eigenvalue weighted by molar-refractivity contribution is 6.08. The summed E-state index contributed by atoms with van der Waals surface area (Å²) in [6.07, 6.45) is -0.631. The van der Waals surface area contributed by atoms with Crippen molar-refractivity contribution in [1.82, 2.24) is 9.99 Å². The molecule has 1 aliphatic heterocycles. The molecule has 0 aliphatic carbocycles. The van der Waals surface area contributed by atoms with E-state index in [1.807, 2.05) is 79.7 Å². The highest BCUT2D eigenvalue weighted by atomic mass is 16.5. The molecule has 1 aromatic heterocycles. The number of pyridine rings is 1. The monoisotopic (exact) mass is 381 g/mol. The van der Waals surface area contributed by atoms with Crippen molar-refractivity contribution >= 4 is 33.5 Å². The molecule has 29 heavy (non-hydrogen) atoms. The first-order chi connectivity index (χ1) is 14.1. The average Bonchev–Trinajstić information content (AvgIpc) is 3.18. The Morgan fingerprint density at radius 2 is 1.69 bits per heavy atom. The number of aromatic nitrogens is 1. The predicted octanol–water partition coefficient (Wildman–Crippen LogP) is 4.94. The summed E-state index contributed by atoms with van der Waals surface area (Å²) in [6.45, 7) is 3.44. The molecule has 142 valence electrons. The molecule has 0 spiro atoms. The quantitative estimate of drug-likeness (QED) is 0.494. The van der Waals surface area contributed by atoms with Crippen LogP contribution in [0, 0.1) is 6.92 Å². The van der Waals surface area contributed by atoms with Gasteiger partial charge in [-0.1, -0.05) is 54.6 Å². The van der Waals surface area contributed by atoms with Gasteiger partial charge in [-0.15, -0.1) is 5.10 Å². The normalized spacial score (nSPS) is 16.1. The Balaban J connectivity index is 1.65. The maximum absolute atomic E-state index is 12.4. The third-order valence-corrected chi connectivity index (χ3v) is 5.13. The minimum absolute atomic E-state index is 0.177. The Bertz CT molecular complexity index is 1290. The number of amides is 1. The van der Waals surface area contributed by atoms with E-state index in [0.717, 1.165) is 38.5 Å². The number of ether oxygens (including phenoxy) is 1. The third-order valence-electron chi connectivity index (χ3n) is 5.13. The van der Waals surface area contributed by atoms with Crippen LogP contribution < -0.4 is 0 Å². The second-order valence-electron chi connectivity index (χ2n) is 7.14. The fourth-order valence-electron chi connectivity index (χ4n) is 3.83. The van der Waals surface area contributed by atoms with E-state index in [2.05, 4.69) is 10.1 Å². The molecule has 4 aromatic rings. The molecule has 1 amide bonds. The summed E-state index contributed by atoms with van der Waals surface area (Å²) < 4.78 is 6.31. The van der Waals surface area contributed by atoms with Crippen LogP contribution in [0.1, 0.15) is 30.0 Å². The molecule has 5 nitrogen and oxygen atoms in total. The molecule has 0 radical (unpaired) electrons. The van der Waals surface area contributed by atoms with Crippen LogP contribution in [-0.4, -0.2) is 21.8 Å².